The molecule has 1 amide bonds. The molecule has 0 aliphatic carbocycles. The first-order valence-corrected chi connectivity index (χ1v) is 32.4. The van der Waals surface area contributed by atoms with Crippen molar-refractivity contribution >= 4 is 11.9 Å². The number of nitrogens with one attached hydrogen (secondary N) is 1. The zero-order valence-corrected chi connectivity index (χ0v) is 48.2. The molecule has 6 nitrogen and oxygen atoms in total. The molecule has 0 spiro atoms. The van der Waals surface area contributed by atoms with E-state index in [1.807, 2.05) is 0 Å². The third-order valence-electron chi connectivity index (χ3n) is 15.3. The number of aliphatic hydroxyl groups excluding tert-OH is 2. The molecule has 71 heavy (non-hydrogen) atoms. The lowest BCUT2D eigenvalue weighted by Crippen LogP contribution is -2.45. The number of carbonyl (C=O) groups excluding carboxylic acids is 2. The van der Waals surface area contributed by atoms with Crippen molar-refractivity contribution in [2.24, 2.45) is 0 Å². The van der Waals surface area contributed by atoms with E-state index < -0.39 is 12.1 Å². The highest BCUT2D eigenvalue weighted by atomic mass is 16.5. The minimum absolute atomic E-state index is 0.0170. The van der Waals surface area contributed by atoms with E-state index in [0.29, 0.717) is 25.9 Å². The van der Waals surface area contributed by atoms with Crippen molar-refractivity contribution in [3.05, 3.63) is 12.2 Å². The smallest absolute Gasteiger partial charge is 0.305 e. The van der Waals surface area contributed by atoms with Crippen molar-refractivity contribution in [2.45, 2.75) is 379 Å². The average molecular weight is 1000 g/mol. The summed E-state index contributed by atoms with van der Waals surface area (Å²) in [5, 5.41) is 23.2. The number of rotatable bonds is 61. The molecule has 0 aliphatic heterocycles. The highest BCUT2D eigenvalue weighted by Gasteiger charge is 2.20. The van der Waals surface area contributed by atoms with Gasteiger partial charge in [-0.1, -0.05) is 315 Å². The molecule has 6 heteroatoms. The van der Waals surface area contributed by atoms with Crippen LogP contribution in [0.5, 0.6) is 0 Å². The number of esters is 1. The summed E-state index contributed by atoms with van der Waals surface area (Å²) in [5.74, 6) is -0.0230. The first-order valence-electron chi connectivity index (χ1n) is 32.4. The summed E-state index contributed by atoms with van der Waals surface area (Å²) in [6.45, 7) is 4.97. The first kappa shape index (κ1) is 69.6. The topological polar surface area (TPSA) is 95.9 Å². The van der Waals surface area contributed by atoms with Gasteiger partial charge < -0.3 is 20.3 Å². The zero-order chi connectivity index (χ0) is 51.4. The Morgan fingerprint density at radius 2 is 0.662 bits per heavy atom. The van der Waals surface area contributed by atoms with E-state index in [0.717, 1.165) is 38.5 Å². The number of ether oxygens (including phenoxy) is 1. The van der Waals surface area contributed by atoms with Crippen molar-refractivity contribution < 1.29 is 24.5 Å². The molecule has 0 saturated heterocycles. The summed E-state index contributed by atoms with van der Waals surface area (Å²) in [5.41, 5.74) is 0. The maximum Gasteiger partial charge on any atom is 0.305 e. The molecule has 0 rings (SSSR count). The van der Waals surface area contributed by atoms with Crippen LogP contribution >= 0.6 is 0 Å². The molecule has 3 N–H and O–H groups in total. The van der Waals surface area contributed by atoms with E-state index in [1.54, 1.807) is 0 Å². The molecule has 0 fully saturated rings. The van der Waals surface area contributed by atoms with Gasteiger partial charge in [0.25, 0.3) is 0 Å². The van der Waals surface area contributed by atoms with Crippen LogP contribution < -0.4 is 5.32 Å². The average Bonchev–Trinajstić information content (AvgIpc) is 3.37. The largest absolute Gasteiger partial charge is 0.466 e. The van der Waals surface area contributed by atoms with Crippen LogP contribution in [0.25, 0.3) is 0 Å². The Morgan fingerprint density at radius 1 is 0.380 bits per heavy atom. The molecule has 0 aliphatic rings. The van der Waals surface area contributed by atoms with Crippen LogP contribution in [0.2, 0.25) is 0 Å². The number of amides is 1. The van der Waals surface area contributed by atoms with E-state index in [9.17, 15) is 19.8 Å². The van der Waals surface area contributed by atoms with Crippen molar-refractivity contribution in [3.8, 4) is 0 Å². The van der Waals surface area contributed by atoms with Crippen LogP contribution in [0.15, 0.2) is 12.2 Å². The van der Waals surface area contributed by atoms with Crippen molar-refractivity contribution in [2.75, 3.05) is 13.2 Å². The summed E-state index contributed by atoms with van der Waals surface area (Å²) in [4.78, 5) is 24.6. The fourth-order valence-corrected chi connectivity index (χ4v) is 10.3. The van der Waals surface area contributed by atoms with Crippen LogP contribution in [-0.4, -0.2) is 47.4 Å². The van der Waals surface area contributed by atoms with Gasteiger partial charge in [0.2, 0.25) is 5.91 Å². The fraction of sp³-hybridized carbons (Fsp3) is 0.938. The van der Waals surface area contributed by atoms with E-state index >= 15 is 0 Å². The van der Waals surface area contributed by atoms with Crippen LogP contribution in [0, 0.1) is 0 Å². The summed E-state index contributed by atoms with van der Waals surface area (Å²) in [7, 11) is 0. The van der Waals surface area contributed by atoms with Gasteiger partial charge in [0, 0.05) is 12.8 Å². The number of carbonyl (C=O) groups is 2. The molecule has 0 saturated carbocycles. The first-order chi connectivity index (χ1) is 35.0. The Kier molecular flexibility index (Phi) is 59.9. The molecule has 422 valence electrons. The van der Waals surface area contributed by atoms with Crippen LogP contribution in [0.4, 0.5) is 0 Å². The predicted octanol–water partition coefficient (Wildman–Crippen LogP) is 20.4. The van der Waals surface area contributed by atoms with E-state index in [2.05, 4.69) is 31.3 Å². The van der Waals surface area contributed by atoms with Crippen LogP contribution in [0.3, 0.4) is 0 Å². The predicted molar refractivity (Wildman–Crippen MR) is 310 cm³/mol. The molecule has 0 radical (unpaired) electrons. The zero-order valence-electron chi connectivity index (χ0n) is 48.2. The van der Waals surface area contributed by atoms with E-state index in [1.165, 1.54) is 295 Å². The summed E-state index contributed by atoms with van der Waals surface area (Å²) in [6.07, 6.45) is 73.8. The number of unbranched alkanes of at least 4 members (excludes halogenated alkanes) is 48. The van der Waals surface area contributed by atoms with Gasteiger partial charge in [-0.3, -0.25) is 9.59 Å². The lowest BCUT2D eigenvalue weighted by Gasteiger charge is -2.22. The Morgan fingerprint density at radius 3 is 1.00 bits per heavy atom. The molecule has 2 atom stereocenters. The molecule has 0 aromatic heterocycles. The standard InChI is InChI=1S/C65H127NO5/c1-3-5-7-9-11-13-15-17-18-19-25-29-32-35-39-43-47-51-55-59-65(70)71-60-56-52-48-44-40-36-33-30-27-24-22-20-21-23-26-28-31-34-38-42-46-50-54-58-64(69)66-62(61-67)63(68)57-53-49-45-41-37-16-14-12-10-8-6-4-2/h23,26,62-63,67-68H,3-22,24-25,27-61H2,1-2H3,(H,66,69)/b26-23-. The highest BCUT2D eigenvalue weighted by molar-refractivity contribution is 5.76. The van der Waals surface area contributed by atoms with Gasteiger partial charge in [0.1, 0.15) is 0 Å². The lowest BCUT2D eigenvalue weighted by atomic mass is 10.0. The van der Waals surface area contributed by atoms with Crippen molar-refractivity contribution in [1.29, 1.82) is 0 Å². The van der Waals surface area contributed by atoms with Gasteiger partial charge in [0.05, 0.1) is 25.4 Å². The van der Waals surface area contributed by atoms with Gasteiger partial charge in [-0.2, -0.15) is 0 Å². The van der Waals surface area contributed by atoms with Crippen molar-refractivity contribution in [1.82, 2.24) is 5.32 Å². The Hall–Kier alpha value is -1.40. The molecular weight excluding hydrogens is 875 g/mol. The van der Waals surface area contributed by atoms with Crippen LogP contribution in [0.1, 0.15) is 367 Å². The van der Waals surface area contributed by atoms with Gasteiger partial charge >= 0.3 is 5.97 Å². The Balaban J connectivity index is 3.36. The lowest BCUT2D eigenvalue weighted by molar-refractivity contribution is -0.143. The maximum atomic E-state index is 12.5. The summed E-state index contributed by atoms with van der Waals surface area (Å²) >= 11 is 0. The van der Waals surface area contributed by atoms with Crippen molar-refractivity contribution in [3.63, 3.8) is 0 Å². The Bertz CT molecular complexity index is 1060. The second-order valence-corrected chi connectivity index (χ2v) is 22.5. The highest BCUT2D eigenvalue weighted by Crippen LogP contribution is 2.18. The summed E-state index contributed by atoms with van der Waals surface area (Å²) in [6, 6.07) is -0.544. The second kappa shape index (κ2) is 61.1. The van der Waals surface area contributed by atoms with E-state index in [4.69, 9.17) is 4.74 Å². The molecule has 0 aromatic rings. The molecule has 0 bridgehead atoms. The number of hydrogen-bond acceptors (Lipinski definition) is 5. The van der Waals surface area contributed by atoms with Gasteiger partial charge in [-0.25, -0.2) is 0 Å². The minimum Gasteiger partial charge on any atom is -0.466 e. The molecule has 2 unspecified atom stereocenters. The Labute approximate surface area is 444 Å². The normalized spacial score (nSPS) is 12.6. The van der Waals surface area contributed by atoms with Gasteiger partial charge in [0.15, 0.2) is 0 Å². The second-order valence-electron chi connectivity index (χ2n) is 22.5. The summed E-state index contributed by atoms with van der Waals surface area (Å²) < 4.78 is 5.51. The number of hydrogen-bond donors (Lipinski definition) is 3. The maximum absolute atomic E-state index is 12.5. The van der Waals surface area contributed by atoms with Crippen LogP contribution in [-0.2, 0) is 14.3 Å². The number of allylic oxidation sites excluding steroid dienone is 2. The molecule has 0 aromatic carbocycles. The van der Waals surface area contributed by atoms with E-state index in [-0.39, 0.29) is 18.5 Å². The quantitative estimate of drug-likeness (QED) is 0.0320. The fourth-order valence-electron chi connectivity index (χ4n) is 10.3. The SMILES string of the molecule is CCCCCCCCCCCCCCCCCCCCCC(=O)OCCCCCCCCCCCCCC/C=C\CCCCCCCCCC(=O)NC(CO)C(O)CCCCCCCCCCCCCC. The molecule has 0 heterocycles. The third-order valence-corrected chi connectivity index (χ3v) is 15.3. The third kappa shape index (κ3) is 57.7. The number of aliphatic hydroxyl groups is 2. The monoisotopic (exact) mass is 1000 g/mol. The van der Waals surface area contributed by atoms with Gasteiger partial charge in [-0.15, -0.1) is 0 Å². The minimum atomic E-state index is -0.666. The van der Waals surface area contributed by atoms with Gasteiger partial charge in [-0.05, 0) is 51.4 Å². The molecular formula is C65H127NO5.